The zero-order valence-corrected chi connectivity index (χ0v) is 45.4. The zero-order valence-electron chi connectivity index (χ0n) is 45.4. The van der Waals surface area contributed by atoms with E-state index in [0.29, 0.717) is 0 Å². The quantitative estimate of drug-likeness (QED) is 0.133. The fraction of sp³-hybridized carbons (Fsp3) is 0. The van der Waals surface area contributed by atoms with Gasteiger partial charge in [0.1, 0.15) is 0 Å². The summed E-state index contributed by atoms with van der Waals surface area (Å²) in [6.45, 7) is 0. The minimum absolute atomic E-state index is 1.10. The molecule has 0 fully saturated rings. The summed E-state index contributed by atoms with van der Waals surface area (Å²) in [6, 6.07) is 118. The third-order valence-electron chi connectivity index (χ3n) is 16.9. The third-order valence-corrected chi connectivity index (χ3v) is 16.9. The second-order valence-corrected chi connectivity index (χ2v) is 21.7. The number of fused-ring (bicyclic) bond motifs is 8. The van der Waals surface area contributed by atoms with Crippen molar-refractivity contribution >= 4 is 82.2 Å². The van der Waals surface area contributed by atoms with Crippen LogP contribution in [0.4, 0.5) is 17.1 Å². The van der Waals surface area contributed by atoms with Crippen LogP contribution in [-0.2, 0) is 0 Å². The van der Waals surface area contributed by atoms with Gasteiger partial charge in [0.2, 0.25) is 0 Å². The first-order valence-electron chi connectivity index (χ1n) is 28.5. The maximum Gasteiger partial charge on any atom is 0.0541 e. The lowest BCUT2D eigenvalue weighted by Gasteiger charge is -2.26. The molecule has 16 aromatic rings. The van der Waals surface area contributed by atoms with E-state index in [4.69, 9.17) is 0 Å². The second kappa shape index (κ2) is 20.0. The Labute approximate surface area is 482 Å². The Hall–Kier alpha value is -11.0. The molecule has 2 heterocycles. The third kappa shape index (κ3) is 8.54. The smallest absolute Gasteiger partial charge is 0.0541 e. The van der Waals surface area contributed by atoms with Crippen LogP contribution >= 0.6 is 0 Å². The molecule has 0 bridgehead atoms. The van der Waals surface area contributed by atoms with E-state index in [1.165, 1.54) is 87.4 Å². The fourth-order valence-electron chi connectivity index (χ4n) is 12.7. The van der Waals surface area contributed by atoms with Crippen molar-refractivity contribution in [1.29, 1.82) is 0 Å². The molecule has 0 aliphatic carbocycles. The molecule has 0 aliphatic rings. The van der Waals surface area contributed by atoms with Gasteiger partial charge in [0, 0.05) is 50.0 Å². The zero-order chi connectivity index (χ0) is 54.8. The van der Waals surface area contributed by atoms with Crippen LogP contribution in [0, 0.1) is 0 Å². The molecule has 83 heavy (non-hydrogen) atoms. The van der Waals surface area contributed by atoms with Gasteiger partial charge in [-0.25, -0.2) is 0 Å². The van der Waals surface area contributed by atoms with Crippen LogP contribution in [0.1, 0.15) is 0 Å². The van der Waals surface area contributed by atoms with Gasteiger partial charge in [-0.3, -0.25) is 0 Å². The number of rotatable bonds is 10. The van der Waals surface area contributed by atoms with Crippen molar-refractivity contribution in [3.05, 3.63) is 322 Å². The van der Waals surface area contributed by atoms with Crippen molar-refractivity contribution in [2.24, 2.45) is 0 Å². The van der Waals surface area contributed by atoms with Crippen LogP contribution in [0.3, 0.4) is 0 Å². The van der Waals surface area contributed by atoms with Gasteiger partial charge >= 0.3 is 0 Å². The van der Waals surface area contributed by atoms with E-state index in [-0.39, 0.29) is 0 Å². The predicted octanol–water partition coefficient (Wildman–Crippen LogP) is 22.0. The van der Waals surface area contributed by atoms with Gasteiger partial charge in [0.25, 0.3) is 0 Å². The van der Waals surface area contributed by atoms with E-state index in [9.17, 15) is 0 Å². The molecule has 0 unspecified atom stereocenters. The lowest BCUT2D eigenvalue weighted by Crippen LogP contribution is -2.09. The molecule has 3 nitrogen and oxygen atoms in total. The monoisotopic (exact) mass is 1060 g/mol. The van der Waals surface area contributed by atoms with Crippen LogP contribution in [-0.4, -0.2) is 9.13 Å². The Kier molecular flexibility index (Phi) is 11.5. The standard InChI is InChI=1S/C80H53N3/c1-3-15-54(16-4-1)58-31-39-69(40-32-58)81(68-21-5-2-6-22-68)70-41-33-59(34-42-70)57-27-29-60(30-28-57)65-47-66(63-37-45-79-75(52-63)73-23-11-13-25-77(73)82(79)71-43-35-55-17-7-9-19-61(55)50-71)49-67(48-65)64-38-46-80-76(53-64)74-24-12-14-26-78(74)83(80)72-44-36-56-18-8-10-20-62(56)51-72/h1-53H. The van der Waals surface area contributed by atoms with Crippen molar-refractivity contribution in [3.8, 4) is 67.0 Å². The largest absolute Gasteiger partial charge is 0.311 e. The van der Waals surface area contributed by atoms with Gasteiger partial charge in [0.15, 0.2) is 0 Å². The SMILES string of the molecule is c1ccc(-c2ccc(N(c3ccccc3)c3ccc(-c4ccc(-c5cc(-c6ccc7c(c6)c6ccccc6n7-c6ccc7ccccc7c6)cc(-c6ccc7c(c6)c6ccccc6n7-c6ccc7ccccc7c6)c5)cc4)cc3)cc2)cc1. The summed E-state index contributed by atoms with van der Waals surface area (Å²) < 4.78 is 4.84. The summed E-state index contributed by atoms with van der Waals surface area (Å²) in [5, 5.41) is 9.85. The molecule has 3 heteroatoms. The molecule has 14 aromatic carbocycles. The molecule has 2 aromatic heterocycles. The van der Waals surface area contributed by atoms with E-state index in [2.05, 4.69) is 336 Å². The first-order chi connectivity index (χ1) is 41.1. The van der Waals surface area contributed by atoms with Gasteiger partial charge < -0.3 is 14.0 Å². The molecule has 0 radical (unpaired) electrons. The highest BCUT2D eigenvalue weighted by molar-refractivity contribution is 6.12. The maximum atomic E-state index is 2.42. The van der Waals surface area contributed by atoms with Crippen molar-refractivity contribution in [2.45, 2.75) is 0 Å². The summed E-state index contributed by atoms with van der Waals surface area (Å²) >= 11 is 0. The average molecular weight is 1060 g/mol. The van der Waals surface area contributed by atoms with Crippen LogP contribution < -0.4 is 4.90 Å². The molecule has 0 N–H and O–H groups in total. The van der Waals surface area contributed by atoms with Crippen molar-refractivity contribution < 1.29 is 0 Å². The summed E-state index contributed by atoms with van der Waals surface area (Å²) in [5.41, 5.74) is 22.1. The van der Waals surface area contributed by atoms with Crippen LogP contribution in [0.2, 0.25) is 0 Å². The van der Waals surface area contributed by atoms with Crippen LogP contribution in [0.25, 0.3) is 132 Å². The molecule has 16 rings (SSSR count). The molecular weight excluding hydrogens is 1000 g/mol. The highest BCUT2D eigenvalue weighted by Crippen LogP contribution is 2.42. The lowest BCUT2D eigenvalue weighted by molar-refractivity contribution is 1.19. The Morgan fingerprint density at radius 2 is 0.506 bits per heavy atom. The molecule has 0 spiro atoms. The Morgan fingerprint density at radius 1 is 0.181 bits per heavy atom. The van der Waals surface area contributed by atoms with Crippen molar-refractivity contribution in [1.82, 2.24) is 9.13 Å². The van der Waals surface area contributed by atoms with E-state index >= 15 is 0 Å². The molecule has 0 amide bonds. The highest BCUT2D eigenvalue weighted by Gasteiger charge is 2.19. The summed E-state index contributed by atoms with van der Waals surface area (Å²) in [6.07, 6.45) is 0. The predicted molar refractivity (Wildman–Crippen MR) is 352 cm³/mol. The van der Waals surface area contributed by atoms with Crippen LogP contribution in [0.15, 0.2) is 322 Å². The maximum absolute atomic E-state index is 2.42. The van der Waals surface area contributed by atoms with Gasteiger partial charge in [-0.2, -0.15) is 0 Å². The van der Waals surface area contributed by atoms with Gasteiger partial charge in [0.05, 0.1) is 22.1 Å². The van der Waals surface area contributed by atoms with E-state index < -0.39 is 0 Å². The molecule has 0 saturated carbocycles. The number of benzene rings is 14. The number of anilines is 3. The molecule has 0 atom stereocenters. The molecule has 388 valence electrons. The average Bonchev–Trinajstić information content (AvgIpc) is 4.31. The van der Waals surface area contributed by atoms with Crippen LogP contribution in [0.5, 0.6) is 0 Å². The molecular formula is C80H53N3. The second-order valence-electron chi connectivity index (χ2n) is 21.7. The first-order valence-corrected chi connectivity index (χ1v) is 28.5. The van der Waals surface area contributed by atoms with Gasteiger partial charge in [-0.1, -0.05) is 206 Å². The molecule has 0 aliphatic heterocycles. The Balaban J connectivity index is 0.798. The van der Waals surface area contributed by atoms with E-state index in [1.54, 1.807) is 0 Å². The van der Waals surface area contributed by atoms with Gasteiger partial charge in [-0.15, -0.1) is 0 Å². The Bertz CT molecular complexity index is 4890. The number of aromatic nitrogens is 2. The summed E-state index contributed by atoms with van der Waals surface area (Å²) in [7, 11) is 0. The number of nitrogens with zero attached hydrogens (tertiary/aromatic N) is 3. The Morgan fingerprint density at radius 3 is 0.976 bits per heavy atom. The highest BCUT2D eigenvalue weighted by atomic mass is 15.1. The number of hydrogen-bond acceptors (Lipinski definition) is 1. The topological polar surface area (TPSA) is 13.1 Å². The van der Waals surface area contributed by atoms with E-state index in [1.807, 2.05) is 0 Å². The first kappa shape index (κ1) is 48.0. The minimum atomic E-state index is 1.10. The lowest BCUT2D eigenvalue weighted by atomic mass is 9.91. The number of hydrogen-bond donors (Lipinski definition) is 0. The molecule has 0 saturated heterocycles. The normalized spacial score (nSPS) is 11.6. The minimum Gasteiger partial charge on any atom is -0.311 e. The fourth-order valence-corrected chi connectivity index (χ4v) is 12.7. The number of para-hydroxylation sites is 3. The van der Waals surface area contributed by atoms with Crippen molar-refractivity contribution in [3.63, 3.8) is 0 Å². The van der Waals surface area contributed by atoms with Crippen molar-refractivity contribution in [2.75, 3.05) is 4.90 Å². The summed E-state index contributed by atoms with van der Waals surface area (Å²) in [4.78, 5) is 2.33. The van der Waals surface area contributed by atoms with E-state index in [0.717, 1.165) is 61.8 Å². The van der Waals surface area contributed by atoms with Gasteiger partial charge in [-0.05, 0) is 192 Å². The summed E-state index contributed by atoms with van der Waals surface area (Å²) in [5.74, 6) is 0.